The number of hydrogen-bond acceptors (Lipinski definition) is 6. The molecule has 0 saturated carbocycles. The lowest BCUT2D eigenvalue weighted by molar-refractivity contribution is -0.122. The first kappa shape index (κ1) is 43.6. The molecule has 0 fully saturated rings. The second kappa shape index (κ2) is 18.2. The van der Waals surface area contributed by atoms with Crippen LogP contribution in [0.5, 0.6) is 11.5 Å². The van der Waals surface area contributed by atoms with Gasteiger partial charge in [0.2, 0.25) is 0 Å². The fourth-order valence-electron chi connectivity index (χ4n) is 7.06. The van der Waals surface area contributed by atoms with Crippen LogP contribution in [0.4, 0.5) is 8.78 Å². The van der Waals surface area contributed by atoms with Gasteiger partial charge in [-0.2, -0.15) is 0 Å². The number of H-pyrrole nitrogens is 2. The average molecular weight is 769 g/mol. The molecule has 56 heavy (non-hydrogen) atoms. The summed E-state index contributed by atoms with van der Waals surface area (Å²) in [5.74, 6) is 0.814. The Morgan fingerprint density at radius 1 is 0.750 bits per heavy atom. The molecular formula is C46H58F2N4O4. The largest absolute Gasteiger partial charge is 0.496 e. The van der Waals surface area contributed by atoms with Gasteiger partial charge < -0.3 is 24.5 Å². The number of ketones is 1. The van der Waals surface area contributed by atoms with Crippen LogP contribution < -0.4 is 9.47 Å². The van der Waals surface area contributed by atoms with E-state index >= 15 is 0 Å². The predicted molar refractivity (Wildman–Crippen MR) is 221 cm³/mol. The van der Waals surface area contributed by atoms with Gasteiger partial charge in [0.1, 0.15) is 28.9 Å². The highest BCUT2D eigenvalue weighted by molar-refractivity contribution is 5.82. The summed E-state index contributed by atoms with van der Waals surface area (Å²) in [7, 11) is 3.14. The van der Waals surface area contributed by atoms with Crippen molar-refractivity contribution in [3.63, 3.8) is 0 Å². The Bertz CT molecular complexity index is 2160. The topological polar surface area (TPSA) is 113 Å². The molecule has 6 aromatic rings. The first-order chi connectivity index (χ1) is 26.3. The van der Waals surface area contributed by atoms with Crippen LogP contribution in [-0.4, -0.2) is 50.6 Å². The zero-order valence-corrected chi connectivity index (χ0v) is 34.7. The Hall–Kier alpha value is -5.09. The summed E-state index contributed by atoms with van der Waals surface area (Å²) in [6.45, 7) is 17.7. The first-order valence-corrected chi connectivity index (χ1v) is 19.0. The number of carbonyl (C=O) groups excluding carboxylic acids is 1. The molecule has 1 atom stereocenters. The number of fused-ring (bicyclic) bond motifs is 2. The third-order valence-electron chi connectivity index (χ3n) is 10.4. The van der Waals surface area contributed by atoms with Gasteiger partial charge in [0.25, 0.3) is 0 Å². The standard InChI is InChI=1S/C23H29FN2O2.C15H21FO2.C8H8N2/c1-15(2)23(27,12-18-10-16-13-25-9-8-20(16)26-18)14-22(3,4)19-11-17(24)6-7-21(19)28-5;1-10(2)13(17)9-15(3,4)12-8-11(16)6-7-14(12)18-5;1-6-4-7-5-9-3-2-8(7)10-6/h6-11,13,15,26-27H,12,14H2,1-5H3;6-8,10H,9H2,1-5H3;2-5,10H,1H3. The molecule has 0 radical (unpaired) electrons. The van der Waals surface area contributed by atoms with Crippen LogP contribution in [0.25, 0.3) is 21.8 Å². The lowest BCUT2D eigenvalue weighted by atomic mass is 9.70. The Morgan fingerprint density at radius 3 is 1.71 bits per heavy atom. The number of methoxy groups -OCH3 is 2. The third kappa shape index (κ3) is 11.0. The van der Waals surface area contributed by atoms with E-state index in [1.54, 1.807) is 38.7 Å². The number of carbonyl (C=O) groups is 1. The third-order valence-corrected chi connectivity index (χ3v) is 10.4. The normalized spacial score (nSPS) is 12.9. The van der Waals surface area contributed by atoms with Crippen LogP contribution in [0.15, 0.2) is 85.5 Å². The van der Waals surface area contributed by atoms with E-state index in [2.05, 4.69) is 26.0 Å². The van der Waals surface area contributed by atoms with E-state index in [0.717, 1.165) is 33.2 Å². The molecule has 4 heterocycles. The molecule has 6 rings (SSSR count). The number of rotatable bonds is 12. The van der Waals surface area contributed by atoms with Crippen LogP contribution in [0, 0.1) is 30.4 Å². The molecule has 0 aliphatic carbocycles. The molecule has 300 valence electrons. The molecule has 4 aromatic heterocycles. The molecule has 0 aliphatic rings. The number of hydrogen-bond donors (Lipinski definition) is 3. The fraction of sp³-hybridized carbons (Fsp3) is 0.413. The Balaban J connectivity index is 0.000000211. The highest BCUT2D eigenvalue weighted by atomic mass is 19.1. The average Bonchev–Trinajstić information content (AvgIpc) is 3.73. The van der Waals surface area contributed by atoms with Gasteiger partial charge in [-0.1, -0.05) is 55.4 Å². The Kier molecular flexibility index (Phi) is 14.2. The second-order valence-corrected chi connectivity index (χ2v) is 16.5. The molecule has 1 unspecified atom stereocenters. The summed E-state index contributed by atoms with van der Waals surface area (Å²) in [5, 5.41) is 13.8. The van der Waals surface area contributed by atoms with Crippen molar-refractivity contribution in [2.75, 3.05) is 14.2 Å². The maximum atomic E-state index is 13.9. The second-order valence-electron chi connectivity index (χ2n) is 16.5. The van der Waals surface area contributed by atoms with Gasteiger partial charge in [-0.25, -0.2) is 8.78 Å². The lowest BCUT2D eigenvalue weighted by Gasteiger charge is -2.40. The molecular weight excluding hydrogens is 711 g/mol. The Morgan fingerprint density at radius 2 is 1.25 bits per heavy atom. The quantitative estimate of drug-likeness (QED) is 0.114. The van der Waals surface area contributed by atoms with E-state index in [1.807, 2.05) is 92.9 Å². The van der Waals surface area contributed by atoms with Gasteiger partial charge in [-0.3, -0.25) is 14.8 Å². The van der Waals surface area contributed by atoms with Crippen LogP contribution >= 0.6 is 0 Å². The van der Waals surface area contributed by atoms with Crippen molar-refractivity contribution in [2.24, 2.45) is 11.8 Å². The van der Waals surface area contributed by atoms with E-state index in [4.69, 9.17) is 9.47 Å². The van der Waals surface area contributed by atoms with E-state index < -0.39 is 16.4 Å². The molecule has 0 saturated heterocycles. The van der Waals surface area contributed by atoms with Gasteiger partial charge in [0.05, 0.1) is 19.8 Å². The number of aromatic nitrogens is 4. The van der Waals surface area contributed by atoms with Gasteiger partial charge in [0.15, 0.2) is 0 Å². The van der Waals surface area contributed by atoms with Crippen LogP contribution in [0.2, 0.25) is 0 Å². The van der Waals surface area contributed by atoms with Crippen molar-refractivity contribution in [2.45, 2.75) is 98.0 Å². The number of aryl methyl sites for hydroxylation is 1. The first-order valence-electron chi connectivity index (χ1n) is 19.0. The van der Waals surface area contributed by atoms with Crippen molar-refractivity contribution in [1.29, 1.82) is 0 Å². The highest BCUT2D eigenvalue weighted by Gasteiger charge is 2.40. The number of pyridine rings is 2. The van der Waals surface area contributed by atoms with Crippen LogP contribution in [0.1, 0.15) is 90.7 Å². The predicted octanol–water partition coefficient (Wildman–Crippen LogP) is 10.6. The number of halogens is 2. The maximum absolute atomic E-state index is 13.9. The van der Waals surface area contributed by atoms with E-state index in [1.165, 1.54) is 35.3 Å². The van der Waals surface area contributed by atoms with Gasteiger partial charge in [-0.15, -0.1) is 0 Å². The summed E-state index contributed by atoms with van der Waals surface area (Å²) in [4.78, 5) is 26.6. The molecule has 8 nitrogen and oxygen atoms in total. The molecule has 3 N–H and O–H groups in total. The highest BCUT2D eigenvalue weighted by Crippen LogP contribution is 2.42. The van der Waals surface area contributed by atoms with Crippen molar-refractivity contribution in [3.05, 3.63) is 120 Å². The zero-order valence-electron chi connectivity index (χ0n) is 34.7. The van der Waals surface area contributed by atoms with E-state index in [-0.39, 0.29) is 29.3 Å². The van der Waals surface area contributed by atoms with Crippen LogP contribution in [0.3, 0.4) is 0 Å². The van der Waals surface area contributed by atoms with Crippen molar-refractivity contribution < 1.29 is 28.2 Å². The summed E-state index contributed by atoms with van der Waals surface area (Å²) in [6, 6.07) is 17.0. The number of aliphatic hydroxyl groups is 1. The summed E-state index contributed by atoms with van der Waals surface area (Å²) < 4.78 is 38.0. The van der Waals surface area contributed by atoms with E-state index in [9.17, 15) is 18.7 Å². The maximum Gasteiger partial charge on any atom is 0.136 e. The summed E-state index contributed by atoms with van der Waals surface area (Å²) >= 11 is 0. The smallest absolute Gasteiger partial charge is 0.136 e. The zero-order chi connectivity index (χ0) is 41.4. The molecule has 2 aromatic carbocycles. The van der Waals surface area contributed by atoms with Gasteiger partial charge >= 0.3 is 0 Å². The minimum Gasteiger partial charge on any atom is -0.496 e. The molecule has 10 heteroatoms. The molecule has 0 amide bonds. The number of ether oxygens (including phenoxy) is 2. The summed E-state index contributed by atoms with van der Waals surface area (Å²) in [6.07, 6.45) is 8.52. The number of nitrogens with zero attached hydrogens (tertiary/aromatic N) is 2. The minimum atomic E-state index is -0.977. The lowest BCUT2D eigenvalue weighted by Crippen LogP contribution is -2.43. The summed E-state index contributed by atoms with van der Waals surface area (Å²) in [5.41, 5.74) is 3.90. The fourth-order valence-corrected chi connectivity index (χ4v) is 7.06. The van der Waals surface area contributed by atoms with Crippen molar-refractivity contribution >= 4 is 27.6 Å². The van der Waals surface area contributed by atoms with Gasteiger partial charge in [-0.05, 0) is 85.3 Å². The Labute approximate surface area is 330 Å². The van der Waals surface area contributed by atoms with Crippen molar-refractivity contribution in [3.8, 4) is 11.5 Å². The van der Waals surface area contributed by atoms with Crippen LogP contribution in [-0.2, 0) is 22.0 Å². The molecule has 0 spiro atoms. The van der Waals surface area contributed by atoms with E-state index in [0.29, 0.717) is 30.8 Å². The number of nitrogens with one attached hydrogen (secondary N) is 2. The molecule has 0 bridgehead atoms. The molecule has 0 aliphatic heterocycles. The number of Topliss-reactive ketones (excluding diaryl/α,β-unsaturated/α-hetero) is 1. The minimum absolute atomic E-state index is 0.0101. The SMILES string of the molecule is COc1ccc(F)cc1C(C)(C)CC(=O)C(C)C.COc1ccc(F)cc1C(C)(C)CC(O)(Cc1cc2cnccc2[nH]1)C(C)C.Cc1cc2cnccc2[nH]1. The monoisotopic (exact) mass is 768 g/mol. The van der Waals surface area contributed by atoms with Crippen molar-refractivity contribution in [1.82, 2.24) is 19.9 Å². The number of aromatic amines is 2. The van der Waals surface area contributed by atoms with Gasteiger partial charge in [0, 0.05) is 93.3 Å². The number of benzene rings is 2.